The van der Waals surface area contributed by atoms with Gasteiger partial charge >= 0.3 is 0 Å². The van der Waals surface area contributed by atoms with E-state index in [0.717, 1.165) is 11.3 Å². The van der Waals surface area contributed by atoms with Crippen molar-refractivity contribution in [3.05, 3.63) is 29.8 Å². The Morgan fingerprint density at radius 1 is 1.35 bits per heavy atom. The predicted molar refractivity (Wildman–Crippen MR) is 71.5 cm³/mol. The van der Waals surface area contributed by atoms with Crippen molar-refractivity contribution in [2.45, 2.75) is 13.5 Å². The van der Waals surface area contributed by atoms with Gasteiger partial charge in [-0.1, -0.05) is 12.1 Å². The molecule has 17 heavy (non-hydrogen) atoms. The van der Waals surface area contributed by atoms with Gasteiger partial charge in [-0.05, 0) is 24.6 Å². The average molecular weight is 256 g/mol. The molecule has 1 atom stereocenters. The summed E-state index contributed by atoms with van der Waals surface area (Å²) in [6.07, 6.45) is 1.67. The maximum atomic E-state index is 12.1. The van der Waals surface area contributed by atoms with Gasteiger partial charge < -0.3 is 4.74 Å². The molecule has 5 heteroatoms. The highest BCUT2D eigenvalue weighted by atomic mass is 32.2. The van der Waals surface area contributed by atoms with E-state index < -0.39 is 9.92 Å². The highest BCUT2D eigenvalue weighted by Gasteiger charge is 2.09. The van der Waals surface area contributed by atoms with E-state index in [1.807, 2.05) is 38.2 Å². The van der Waals surface area contributed by atoms with Gasteiger partial charge in [-0.25, -0.2) is 12.9 Å². The first-order valence-corrected chi connectivity index (χ1v) is 7.39. The number of hydrogen-bond donors (Lipinski definition) is 0. The summed E-state index contributed by atoms with van der Waals surface area (Å²) in [5, 5.41) is 0. The second kappa shape index (κ2) is 6.02. The van der Waals surface area contributed by atoms with Gasteiger partial charge in [0.1, 0.15) is 15.7 Å². The minimum atomic E-state index is -2.25. The van der Waals surface area contributed by atoms with Crippen molar-refractivity contribution in [1.29, 1.82) is 0 Å². The van der Waals surface area contributed by atoms with Crippen molar-refractivity contribution >= 4 is 9.92 Å². The minimum Gasteiger partial charge on any atom is -0.497 e. The van der Waals surface area contributed by atoms with Gasteiger partial charge in [0, 0.05) is 26.4 Å². The fourth-order valence-electron chi connectivity index (χ4n) is 1.45. The monoisotopic (exact) mass is 256 g/mol. The minimum absolute atomic E-state index is 0.572. The molecule has 0 heterocycles. The Morgan fingerprint density at radius 2 is 1.94 bits per heavy atom. The van der Waals surface area contributed by atoms with Gasteiger partial charge in [-0.2, -0.15) is 0 Å². The van der Waals surface area contributed by atoms with Crippen molar-refractivity contribution in [3.8, 4) is 5.75 Å². The van der Waals surface area contributed by atoms with Crippen molar-refractivity contribution < 1.29 is 8.95 Å². The van der Waals surface area contributed by atoms with E-state index >= 15 is 0 Å². The molecule has 0 amide bonds. The van der Waals surface area contributed by atoms with Crippen LogP contribution in [0.4, 0.5) is 0 Å². The Balaban J connectivity index is 2.77. The maximum Gasteiger partial charge on any atom is 0.118 e. The molecule has 96 valence electrons. The molecule has 0 aromatic heterocycles. The molecule has 0 aliphatic heterocycles. The van der Waals surface area contributed by atoms with Crippen LogP contribution in [0, 0.1) is 0 Å². The lowest BCUT2D eigenvalue weighted by atomic mass is 10.2. The third kappa shape index (κ3) is 4.02. The van der Waals surface area contributed by atoms with E-state index in [1.165, 1.54) is 0 Å². The van der Waals surface area contributed by atoms with Crippen LogP contribution in [-0.2, 0) is 16.5 Å². The number of rotatable bonds is 5. The van der Waals surface area contributed by atoms with Crippen molar-refractivity contribution in [2.75, 3.05) is 27.0 Å². The van der Waals surface area contributed by atoms with Gasteiger partial charge in [0.25, 0.3) is 0 Å². The summed E-state index contributed by atoms with van der Waals surface area (Å²) in [6, 6.07) is 7.74. The molecule has 0 saturated heterocycles. The third-order valence-electron chi connectivity index (χ3n) is 2.51. The Bertz CT molecular complexity index is 462. The lowest BCUT2D eigenvalue weighted by molar-refractivity contribution is 0.414. The second-order valence-corrected chi connectivity index (χ2v) is 6.25. The van der Waals surface area contributed by atoms with E-state index in [1.54, 1.807) is 17.7 Å². The molecule has 0 spiro atoms. The molecule has 1 aromatic carbocycles. The van der Waals surface area contributed by atoms with E-state index in [2.05, 4.69) is 4.36 Å². The van der Waals surface area contributed by atoms with Crippen LogP contribution in [0.1, 0.15) is 12.5 Å². The standard InChI is InChI=1S/C12H20N2O2S/c1-5-13-17(4,15)14(2)10-11-6-8-12(16-3)9-7-11/h6-9H,5,10H2,1-4H3. The first-order chi connectivity index (χ1) is 7.99. The van der Waals surface area contributed by atoms with Crippen LogP contribution in [-0.4, -0.2) is 35.5 Å². The molecular weight excluding hydrogens is 236 g/mol. The highest BCUT2D eigenvalue weighted by molar-refractivity contribution is 7.90. The van der Waals surface area contributed by atoms with Crippen LogP contribution in [0.25, 0.3) is 0 Å². The Morgan fingerprint density at radius 3 is 2.41 bits per heavy atom. The molecule has 1 unspecified atom stereocenters. The Labute approximate surface area is 104 Å². The van der Waals surface area contributed by atoms with Crippen molar-refractivity contribution in [3.63, 3.8) is 0 Å². The normalized spacial score (nSPS) is 14.4. The molecule has 0 aliphatic carbocycles. The second-order valence-electron chi connectivity index (χ2n) is 3.84. The lowest BCUT2D eigenvalue weighted by Crippen LogP contribution is -2.25. The predicted octanol–water partition coefficient (Wildman–Crippen LogP) is 2.16. The molecule has 0 bridgehead atoms. The molecule has 4 nitrogen and oxygen atoms in total. The maximum absolute atomic E-state index is 12.1. The zero-order valence-electron chi connectivity index (χ0n) is 10.8. The van der Waals surface area contributed by atoms with Crippen molar-refractivity contribution in [2.24, 2.45) is 4.36 Å². The number of ether oxygens (including phenoxy) is 1. The fraction of sp³-hybridized carbons (Fsp3) is 0.500. The summed E-state index contributed by atoms with van der Waals surface area (Å²) in [4.78, 5) is 0. The van der Waals surface area contributed by atoms with E-state index in [-0.39, 0.29) is 0 Å². The number of benzene rings is 1. The SMILES string of the molecule is CCN=S(C)(=O)N(C)Cc1ccc(OC)cc1. The quantitative estimate of drug-likeness (QED) is 0.810. The smallest absolute Gasteiger partial charge is 0.118 e. The molecule has 0 fully saturated rings. The Kier molecular flexibility index (Phi) is 4.96. The van der Waals surface area contributed by atoms with Gasteiger partial charge in [-0.3, -0.25) is 0 Å². The summed E-state index contributed by atoms with van der Waals surface area (Å²) >= 11 is 0. The van der Waals surface area contributed by atoms with Crippen LogP contribution < -0.4 is 4.74 Å². The number of nitrogens with zero attached hydrogens (tertiary/aromatic N) is 2. The van der Waals surface area contributed by atoms with Crippen LogP contribution >= 0.6 is 0 Å². The van der Waals surface area contributed by atoms with Crippen LogP contribution in [0.5, 0.6) is 5.75 Å². The largest absolute Gasteiger partial charge is 0.497 e. The summed E-state index contributed by atoms with van der Waals surface area (Å²) < 4.78 is 23.1. The zero-order valence-corrected chi connectivity index (χ0v) is 11.7. The summed E-state index contributed by atoms with van der Waals surface area (Å²) in [7, 11) is 1.22. The zero-order chi connectivity index (χ0) is 12.9. The first kappa shape index (κ1) is 14.0. The molecule has 0 aliphatic rings. The average Bonchev–Trinajstić information content (AvgIpc) is 2.30. The highest BCUT2D eigenvalue weighted by Crippen LogP contribution is 2.13. The first-order valence-electron chi connectivity index (χ1n) is 5.51. The molecule has 0 N–H and O–H groups in total. The lowest BCUT2D eigenvalue weighted by Gasteiger charge is -2.18. The van der Waals surface area contributed by atoms with E-state index in [9.17, 15) is 4.21 Å². The van der Waals surface area contributed by atoms with Gasteiger partial charge in [-0.15, -0.1) is 0 Å². The molecule has 0 radical (unpaired) electrons. The molecule has 1 aromatic rings. The van der Waals surface area contributed by atoms with Gasteiger partial charge in [0.05, 0.1) is 7.11 Å². The molecule has 0 saturated carbocycles. The third-order valence-corrected chi connectivity index (χ3v) is 4.53. The van der Waals surface area contributed by atoms with Crippen LogP contribution in [0.2, 0.25) is 0 Å². The number of methoxy groups -OCH3 is 1. The topological polar surface area (TPSA) is 41.9 Å². The molecular formula is C12H20N2O2S. The Hall–Kier alpha value is -1.07. The molecule has 1 rings (SSSR count). The van der Waals surface area contributed by atoms with E-state index in [4.69, 9.17) is 4.74 Å². The summed E-state index contributed by atoms with van der Waals surface area (Å²) in [5.41, 5.74) is 1.09. The summed E-state index contributed by atoms with van der Waals surface area (Å²) in [6.45, 7) is 3.08. The summed E-state index contributed by atoms with van der Waals surface area (Å²) in [5.74, 6) is 0.826. The van der Waals surface area contributed by atoms with Crippen LogP contribution in [0.15, 0.2) is 28.6 Å². The van der Waals surface area contributed by atoms with Gasteiger partial charge in [0.15, 0.2) is 0 Å². The fourth-order valence-corrected chi connectivity index (χ4v) is 2.51. The van der Waals surface area contributed by atoms with E-state index in [0.29, 0.717) is 13.1 Å². The van der Waals surface area contributed by atoms with Crippen molar-refractivity contribution in [1.82, 2.24) is 4.31 Å². The van der Waals surface area contributed by atoms with Gasteiger partial charge in [0.2, 0.25) is 0 Å². The van der Waals surface area contributed by atoms with Crippen LogP contribution in [0.3, 0.4) is 0 Å². The number of hydrogen-bond acceptors (Lipinski definition) is 3.